The SMILES string of the molecule is O=C(c1ncoc1-c1ccco1)N1CCC[C@H](N2CCCCCC2)C1. The normalized spacial score (nSPS) is 22.7. The van der Waals surface area contributed by atoms with Crippen LogP contribution in [0.5, 0.6) is 0 Å². The van der Waals surface area contributed by atoms with Crippen LogP contribution in [0.3, 0.4) is 0 Å². The molecule has 0 saturated carbocycles. The molecule has 2 aliphatic heterocycles. The largest absolute Gasteiger partial charge is 0.461 e. The lowest BCUT2D eigenvalue weighted by Crippen LogP contribution is -2.50. The van der Waals surface area contributed by atoms with Gasteiger partial charge in [0.25, 0.3) is 5.91 Å². The lowest BCUT2D eigenvalue weighted by molar-refractivity contribution is 0.0574. The number of carbonyl (C=O) groups is 1. The number of furan rings is 1. The number of likely N-dealkylation sites (tertiary alicyclic amines) is 2. The molecule has 1 amide bonds. The molecule has 6 heteroatoms. The Kier molecular flexibility index (Phi) is 4.88. The van der Waals surface area contributed by atoms with Gasteiger partial charge in [-0.1, -0.05) is 12.8 Å². The molecule has 0 N–H and O–H groups in total. The van der Waals surface area contributed by atoms with Crippen LogP contribution in [0.4, 0.5) is 0 Å². The molecule has 0 aliphatic carbocycles. The van der Waals surface area contributed by atoms with Crippen molar-refractivity contribution in [2.75, 3.05) is 26.2 Å². The van der Waals surface area contributed by atoms with Crippen molar-refractivity contribution in [2.45, 2.75) is 44.6 Å². The Morgan fingerprint density at radius 2 is 1.92 bits per heavy atom. The summed E-state index contributed by atoms with van der Waals surface area (Å²) in [6.07, 6.45) is 10.3. The highest BCUT2D eigenvalue weighted by Crippen LogP contribution is 2.26. The summed E-state index contributed by atoms with van der Waals surface area (Å²) in [5.74, 6) is 0.911. The van der Waals surface area contributed by atoms with Crippen molar-refractivity contribution in [3.63, 3.8) is 0 Å². The first-order valence-corrected chi connectivity index (χ1v) is 9.33. The Hall–Kier alpha value is -2.08. The predicted octanol–water partition coefficient (Wildman–Crippen LogP) is 3.42. The van der Waals surface area contributed by atoms with Gasteiger partial charge in [-0.2, -0.15) is 0 Å². The summed E-state index contributed by atoms with van der Waals surface area (Å²) in [7, 11) is 0. The quantitative estimate of drug-likeness (QED) is 0.854. The molecule has 2 aliphatic rings. The van der Waals surface area contributed by atoms with Crippen molar-refractivity contribution in [2.24, 2.45) is 0 Å². The van der Waals surface area contributed by atoms with Crippen molar-refractivity contribution >= 4 is 5.91 Å². The van der Waals surface area contributed by atoms with Gasteiger partial charge in [-0.3, -0.25) is 9.69 Å². The Balaban J connectivity index is 1.48. The summed E-state index contributed by atoms with van der Waals surface area (Å²) in [6, 6.07) is 4.03. The van der Waals surface area contributed by atoms with Crippen LogP contribution in [0.2, 0.25) is 0 Å². The van der Waals surface area contributed by atoms with Crippen LogP contribution >= 0.6 is 0 Å². The van der Waals surface area contributed by atoms with E-state index < -0.39 is 0 Å². The molecule has 4 rings (SSSR count). The lowest BCUT2D eigenvalue weighted by atomic mass is 10.0. The first-order chi connectivity index (χ1) is 12.3. The minimum absolute atomic E-state index is 0.0559. The predicted molar refractivity (Wildman–Crippen MR) is 93.2 cm³/mol. The van der Waals surface area contributed by atoms with Gasteiger partial charge in [-0.15, -0.1) is 0 Å². The highest BCUT2D eigenvalue weighted by molar-refractivity contribution is 5.97. The molecular weight excluding hydrogens is 318 g/mol. The maximum atomic E-state index is 13.0. The number of aromatic nitrogens is 1. The highest BCUT2D eigenvalue weighted by Gasteiger charge is 2.31. The zero-order valence-electron chi connectivity index (χ0n) is 14.5. The molecule has 0 radical (unpaired) electrons. The fourth-order valence-corrected chi connectivity index (χ4v) is 4.03. The molecule has 0 aromatic carbocycles. The summed E-state index contributed by atoms with van der Waals surface area (Å²) in [6.45, 7) is 3.89. The van der Waals surface area contributed by atoms with Gasteiger partial charge in [0.05, 0.1) is 6.26 Å². The van der Waals surface area contributed by atoms with Gasteiger partial charge in [0.15, 0.2) is 17.8 Å². The molecule has 0 spiro atoms. The van der Waals surface area contributed by atoms with E-state index >= 15 is 0 Å². The maximum Gasteiger partial charge on any atom is 0.276 e. The maximum absolute atomic E-state index is 13.0. The first kappa shape index (κ1) is 16.4. The molecular formula is C19H25N3O3. The molecule has 2 aromatic heterocycles. The van der Waals surface area contributed by atoms with Crippen LogP contribution in [-0.2, 0) is 0 Å². The summed E-state index contributed by atoms with van der Waals surface area (Å²) >= 11 is 0. The van der Waals surface area contributed by atoms with E-state index in [0.29, 0.717) is 23.3 Å². The van der Waals surface area contributed by atoms with Crippen molar-refractivity contribution < 1.29 is 13.6 Å². The van der Waals surface area contributed by atoms with E-state index in [1.165, 1.54) is 38.5 Å². The number of nitrogens with zero attached hydrogens (tertiary/aromatic N) is 3. The lowest BCUT2D eigenvalue weighted by Gasteiger charge is -2.38. The van der Waals surface area contributed by atoms with E-state index in [0.717, 1.165) is 32.6 Å². The number of rotatable bonds is 3. The average Bonchev–Trinajstić information content (AvgIpc) is 3.27. The smallest absolute Gasteiger partial charge is 0.276 e. The molecule has 2 saturated heterocycles. The van der Waals surface area contributed by atoms with E-state index in [9.17, 15) is 4.79 Å². The van der Waals surface area contributed by atoms with Crippen LogP contribution < -0.4 is 0 Å². The van der Waals surface area contributed by atoms with E-state index in [1.54, 1.807) is 18.4 Å². The van der Waals surface area contributed by atoms with E-state index in [4.69, 9.17) is 8.83 Å². The summed E-state index contributed by atoms with van der Waals surface area (Å²) in [4.78, 5) is 21.7. The summed E-state index contributed by atoms with van der Waals surface area (Å²) in [5.41, 5.74) is 0.353. The van der Waals surface area contributed by atoms with Gasteiger partial charge in [-0.05, 0) is 50.9 Å². The molecule has 4 heterocycles. The van der Waals surface area contributed by atoms with Crippen molar-refractivity contribution in [3.8, 4) is 11.5 Å². The van der Waals surface area contributed by atoms with Gasteiger partial charge in [0, 0.05) is 19.1 Å². The second-order valence-corrected chi connectivity index (χ2v) is 7.00. The third kappa shape index (κ3) is 3.49. The zero-order chi connectivity index (χ0) is 17.1. The minimum Gasteiger partial charge on any atom is -0.461 e. The second kappa shape index (κ2) is 7.44. The van der Waals surface area contributed by atoms with E-state index in [2.05, 4.69) is 9.88 Å². The fraction of sp³-hybridized carbons (Fsp3) is 0.579. The highest BCUT2D eigenvalue weighted by atomic mass is 16.4. The molecule has 0 bridgehead atoms. The van der Waals surface area contributed by atoms with Gasteiger partial charge in [0.2, 0.25) is 5.76 Å². The topological polar surface area (TPSA) is 62.7 Å². The molecule has 6 nitrogen and oxygen atoms in total. The van der Waals surface area contributed by atoms with Crippen molar-refractivity contribution in [1.82, 2.24) is 14.8 Å². The van der Waals surface area contributed by atoms with Crippen LogP contribution in [0.15, 0.2) is 33.6 Å². The number of amides is 1. The number of hydrogen-bond donors (Lipinski definition) is 0. The Morgan fingerprint density at radius 3 is 2.68 bits per heavy atom. The number of piperidine rings is 1. The monoisotopic (exact) mass is 343 g/mol. The van der Waals surface area contributed by atoms with Crippen LogP contribution in [0.1, 0.15) is 49.0 Å². The Morgan fingerprint density at radius 1 is 1.08 bits per heavy atom. The molecule has 2 fully saturated rings. The summed E-state index contributed by atoms with van der Waals surface area (Å²) in [5, 5.41) is 0. The van der Waals surface area contributed by atoms with Gasteiger partial charge >= 0.3 is 0 Å². The second-order valence-electron chi connectivity index (χ2n) is 7.00. The number of oxazole rings is 1. The van der Waals surface area contributed by atoms with Crippen LogP contribution in [0, 0.1) is 0 Å². The molecule has 25 heavy (non-hydrogen) atoms. The minimum atomic E-state index is -0.0559. The first-order valence-electron chi connectivity index (χ1n) is 9.33. The van der Waals surface area contributed by atoms with Gasteiger partial charge < -0.3 is 13.7 Å². The Labute approximate surface area is 147 Å². The summed E-state index contributed by atoms with van der Waals surface area (Å²) < 4.78 is 10.8. The molecule has 2 aromatic rings. The van der Waals surface area contributed by atoms with Crippen LogP contribution in [0.25, 0.3) is 11.5 Å². The average molecular weight is 343 g/mol. The molecule has 134 valence electrons. The van der Waals surface area contributed by atoms with Gasteiger partial charge in [-0.25, -0.2) is 4.98 Å². The van der Waals surface area contributed by atoms with E-state index in [1.807, 2.05) is 4.90 Å². The molecule has 0 unspecified atom stereocenters. The van der Waals surface area contributed by atoms with Gasteiger partial charge in [0.1, 0.15) is 0 Å². The third-order valence-corrected chi connectivity index (χ3v) is 5.36. The number of carbonyl (C=O) groups excluding carboxylic acids is 1. The zero-order valence-corrected chi connectivity index (χ0v) is 14.5. The molecule has 1 atom stereocenters. The number of hydrogen-bond acceptors (Lipinski definition) is 5. The third-order valence-electron chi connectivity index (χ3n) is 5.36. The van der Waals surface area contributed by atoms with Crippen molar-refractivity contribution in [3.05, 3.63) is 30.5 Å². The van der Waals surface area contributed by atoms with Crippen molar-refractivity contribution in [1.29, 1.82) is 0 Å². The standard InChI is InChI=1S/C19H25N3O3/c23-19(17-18(25-14-20-17)16-8-6-12-24-16)22-11-5-7-15(13-22)21-9-3-1-2-4-10-21/h6,8,12,14-15H,1-5,7,9-11,13H2/t15-/m0/s1. The van der Waals surface area contributed by atoms with E-state index in [-0.39, 0.29) is 5.91 Å². The fourth-order valence-electron chi connectivity index (χ4n) is 4.03. The van der Waals surface area contributed by atoms with Crippen LogP contribution in [-0.4, -0.2) is 52.9 Å². The Bertz CT molecular complexity index is 687.